The molecule has 8 heteroatoms. The highest BCUT2D eigenvalue weighted by molar-refractivity contribution is 5.99. The van der Waals surface area contributed by atoms with Gasteiger partial charge >= 0.3 is 0 Å². The molecule has 24 rings (SSSR count). The summed E-state index contributed by atoms with van der Waals surface area (Å²) in [5.41, 5.74) is 31.6. The highest BCUT2D eigenvalue weighted by atomic mass is 16.5. The summed E-state index contributed by atoms with van der Waals surface area (Å²) < 4.78 is 14.5. The Morgan fingerprint density at radius 2 is 0.578 bits per heavy atom. The summed E-state index contributed by atoms with van der Waals surface area (Å²) in [7, 11) is 0. The van der Waals surface area contributed by atoms with Gasteiger partial charge in [-0.25, -0.2) is 29.9 Å². The van der Waals surface area contributed by atoms with Crippen LogP contribution in [0.5, 0.6) is 23.0 Å². The van der Waals surface area contributed by atoms with E-state index in [-0.39, 0.29) is 5.41 Å². The zero-order valence-electron chi connectivity index (χ0n) is 63.3. The van der Waals surface area contributed by atoms with Crippen molar-refractivity contribution in [2.24, 2.45) is 0 Å². The third kappa shape index (κ3) is 9.74. The van der Waals surface area contributed by atoms with Gasteiger partial charge in [-0.1, -0.05) is 317 Å². The average molecular weight is 1480 g/mol. The number of hydrogen-bond acceptors (Lipinski definition) is 8. The molecule has 0 saturated heterocycles. The molecule has 2 spiro atoms. The minimum atomic E-state index is -0.715. The lowest BCUT2D eigenvalue weighted by Gasteiger charge is -2.39. The van der Waals surface area contributed by atoms with Crippen LogP contribution in [-0.2, 0) is 22.7 Å². The quantitative estimate of drug-likeness (QED) is 0.141. The molecule has 0 fully saturated rings. The maximum atomic E-state index is 7.49. The van der Waals surface area contributed by atoms with Crippen LogP contribution in [0.15, 0.2) is 358 Å². The summed E-state index contributed by atoms with van der Waals surface area (Å²) >= 11 is 0. The number of allylic oxidation sites excluding steroid dienone is 1. The van der Waals surface area contributed by atoms with Crippen LogP contribution in [0.2, 0.25) is 0 Å². The Labute approximate surface area is 671 Å². The molecular weight excluding hydrogens is 1410 g/mol. The van der Waals surface area contributed by atoms with Crippen molar-refractivity contribution >= 4 is 16.8 Å². The highest BCUT2D eigenvalue weighted by Crippen LogP contribution is 2.65. The molecule has 0 atom stereocenters. The minimum absolute atomic E-state index is 0.195. The first-order chi connectivity index (χ1) is 57.2. The van der Waals surface area contributed by atoms with Crippen LogP contribution in [0.4, 0.5) is 0 Å². The van der Waals surface area contributed by atoms with E-state index in [9.17, 15) is 0 Å². The second-order valence-corrected chi connectivity index (χ2v) is 31.9. The number of rotatable bonds is 9. The van der Waals surface area contributed by atoms with E-state index in [0.717, 1.165) is 129 Å². The Kier molecular flexibility index (Phi) is 14.2. The summed E-state index contributed by atoms with van der Waals surface area (Å²) in [5, 5.41) is 2.41. The van der Waals surface area contributed by atoms with Gasteiger partial charge in [-0.3, -0.25) is 0 Å². The molecule has 16 aromatic carbocycles. The molecule has 6 aliphatic rings. The number of para-hydroxylation sites is 1. The van der Waals surface area contributed by atoms with Crippen LogP contribution in [0.1, 0.15) is 80.6 Å². The third-order valence-corrected chi connectivity index (χ3v) is 25.3. The van der Waals surface area contributed by atoms with Crippen molar-refractivity contribution in [2.45, 2.75) is 36.5 Å². The standard InChI is InChI=1S/C108H68N6O2/c1-106(2)85-40-11-6-35-79(85)84-51-47-77(60-94(84)106)104-110-100(65-23-4-3-5-24-65)109-101(112-104)74-32-20-28-67(55-74)70-49-53-92-97(62-70)116-98-63-71(50-54-93(98)108(92)88-43-14-9-38-82(88)83-39-10-15-44-89(83)108)68-29-22-34-76(57-68)103-111-102(113-105(114-103)78-58-72-30-18-25-64-26-19-31-73(59-78)99(64)72)75-33-21-27-66(56-75)69-48-52-91-96(61-69)115-95-46-17-16-45-90(95)107(91)86-41-12-7-36-80(86)81-37-8-13-42-87(81)107/h3-25,27-63H,26H2,1-2H3. The second kappa shape index (κ2) is 25.1. The van der Waals surface area contributed by atoms with Crippen LogP contribution in [0.25, 0.3) is 152 Å². The fourth-order valence-electron chi connectivity index (χ4n) is 20.1. The lowest BCUT2D eigenvalue weighted by molar-refractivity contribution is 0.436. The second-order valence-electron chi connectivity index (χ2n) is 31.9. The van der Waals surface area contributed by atoms with Gasteiger partial charge in [0, 0.05) is 61.0 Å². The first-order valence-electron chi connectivity index (χ1n) is 39.8. The summed E-state index contributed by atoms with van der Waals surface area (Å²) in [6.45, 7) is 4.62. The predicted octanol–water partition coefficient (Wildman–Crippen LogP) is 26.0. The van der Waals surface area contributed by atoms with Crippen molar-refractivity contribution in [2.75, 3.05) is 0 Å². The van der Waals surface area contributed by atoms with E-state index in [2.05, 4.69) is 360 Å². The molecule has 4 heterocycles. The zero-order chi connectivity index (χ0) is 76.5. The molecule has 116 heavy (non-hydrogen) atoms. The van der Waals surface area contributed by atoms with Crippen LogP contribution in [0, 0.1) is 0 Å². The molecule has 2 aliphatic heterocycles. The van der Waals surface area contributed by atoms with Gasteiger partial charge in [0.15, 0.2) is 34.9 Å². The van der Waals surface area contributed by atoms with E-state index in [1.54, 1.807) is 0 Å². The average Bonchev–Trinajstić information content (AvgIpc) is 1.49. The van der Waals surface area contributed by atoms with Gasteiger partial charge in [0.2, 0.25) is 0 Å². The molecule has 18 aromatic rings. The molecule has 0 saturated carbocycles. The van der Waals surface area contributed by atoms with Crippen molar-refractivity contribution in [3.8, 4) is 158 Å². The van der Waals surface area contributed by atoms with E-state index < -0.39 is 10.8 Å². The first-order valence-corrected chi connectivity index (χ1v) is 39.8. The molecule has 8 nitrogen and oxygen atoms in total. The number of hydrogen-bond donors (Lipinski definition) is 0. The molecule has 2 aromatic heterocycles. The summed E-state index contributed by atoms with van der Waals surface area (Å²) in [4.78, 5) is 32.2. The fourth-order valence-corrected chi connectivity index (χ4v) is 20.1. The van der Waals surface area contributed by atoms with Crippen LogP contribution >= 0.6 is 0 Å². The number of fused-ring (bicyclic) bond motifs is 21. The molecular formula is C108H68N6O2. The van der Waals surface area contributed by atoms with E-state index in [0.29, 0.717) is 34.9 Å². The van der Waals surface area contributed by atoms with Crippen LogP contribution in [0.3, 0.4) is 0 Å². The summed E-state index contributed by atoms with van der Waals surface area (Å²) in [6, 6.07) is 127. The van der Waals surface area contributed by atoms with Crippen LogP contribution in [-0.4, -0.2) is 29.9 Å². The molecule has 4 aliphatic carbocycles. The van der Waals surface area contributed by atoms with E-state index >= 15 is 0 Å². The highest BCUT2D eigenvalue weighted by Gasteiger charge is 2.53. The molecule has 0 radical (unpaired) electrons. The van der Waals surface area contributed by atoms with Crippen molar-refractivity contribution in [1.82, 2.24) is 29.9 Å². The van der Waals surface area contributed by atoms with Gasteiger partial charge in [0.05, 0.1) is 10.8 Å². The Morgan fingerprint density at radius 3 is 1.07 bits per heavy atom. The molecule has 542 valence electrons. The third-order valence-electron chi connectivity index (χ3n) is 25.3. The number of nitrogens with zero attached hydrogens (tertiary/aromatic N) is 6. The summed E-state index contributed by atoms with van der Waals surface area (Å²) in [6.07, 6.45) is 5.37. The topological polar surface area (TPSA) is 95.8 Å². The minimum Gasteiger partial charge on any atom is -0.457 e. The van der Waals surface area contributed by atoms with E-state index in [1.807, 2.05) is 18.2 Å². The fraction of sp³-hybridized carbons (Fsp3) is 0.0556. The largest absolute Gasteiger partial charge is 0.457 e. The van der Waals surface area contributed by atoms with Gasteiger partial charge in [-0.15, -0.1) is 0 Å². The van der Waals surface area contributed by atoms with Gasteiger partial charge in [0.1, 0.15) is 23.0 Å². The van der Waals surface area contributed by atoms with Crippen molar-refractivity contribution in [3.63, 3.8) is 0 Å². The van der Waals surface area contributed by atoms with Gasteiger partial charge in [0.25, 0.3) is 0 Å². The molecule has 0 unspecified atom stereocenters. The van der Waals surface area contributed by atoms with Crippen molar-refractivity contribution in [3.05, 3.63) is 425 Å². The number of aromatic nitrogens is 6. The maximum Gasteiger partial charge on any atom is 0.164 e. The normalized spacial score (nSPS) is 14.2. The Balaban J connectivity index is 0.613. The van der Waals surface area contributed by atoms with E-state index in [4.69, 9.17) is 39.4 Å². The van der Waals surface area contributed by atoms with Gasteiger partial charge in [-0.05, 0) is 189 Å². The molecule has 0 amide bonds. The molecule has 0 N–H and O–H groups in total. The van der Waals surface area contributed by atoms with Gasteiger partial charge in [-0.2, -0.15) is 0 Å². The maximum absolute atomic E-state index is 7.49. The number of benzene rings is 16. The molecule has 0 bridgehead atoms. The number of ether oxygens (including phenoxy) is 2. The monoisotopic (exact) mass is 1480 g/mol. The zero-order valence-corrected chi connectivity index (χ0v) is 63.3. The first kappa shape index (κ1) is 65.8. The predicted molar refractivity (Wildman–Crippen MR) is 465 cm³/mol. The smallest absolute Gasteiger partial charge is 0.164 e. The van der Waals surface area contributed by atoms with Crippen molar-refractivity contribution < 1.29 is 9.47 Å². The Hall–Kier alpha value is -14.9. The lowest BCUT2D eigenvalue weighted by atomic mass is 9.65. The van der Waals surface area contributed by atoms with E-state index in [1.165, 1.54) is 77.7 Å². The Morgan fingerprint density at radius 1 is 0.233 bits per heavy atom. The van der Waals surface area contributed by atoms with Crippen molar-refractivity contribution in [1.29, 1.82) is 0 Å². The van der Waals surface area contributed by atoms with Crippen LogP contribution < -0.4 is 9.47 Å². The lowest BCUT2D eigenvalue weighted by Crippen LogP contribution is -2.32. The SMILES string of the molecule is CC1(C)c2ccccc2-c2ccc(-c3nc(-c4ccccc4)nc(-c4cccc(-c5ccc6c(c5)Oc5cc(-c7cccc(-c8nc(-c9cccc(-c%10ccc%11c(c%10)Oc%10ccccc%10C%11%10c%11ccccc%11-c%11ccccc%11%10)c9)nc(-c9cc%10c%11c(cccc%11c9)CC=C%10)n8)c7)ccc5C65c6ccccc6-c6ccccc65)c4)n3)cc21. The summed E-state index contributed by atoms with van der Waals surface area (Å²) in [5.74, 6) is 6.74. The Bertz CT molecular complexity index is 7230. The van der Waals surface area contributed by atoms with Gasteiger partial charge < -0.3 is 9.47 Å².